The Bertz CT molecular complexity index is 700. The molecule has 0 amide bonds. The average Bonchev–Trinajstić information content (AvgIpc) is 3.46. The zero-order valence-electron chi connectivity index (χ0n) is 16.7. The molecule has 27 heavy (non-hydrogen) atoms. The SMILES string of the molecule is C(/CCCc1ccccc1)=C(/CCCc1ccccc1)C1C2CCCCC21. The van der Waals surface area contributed by atoms with E-state index in [1.54, 1.807) is 0 Å². The molecule has 2 fully saturated rings. The maximum Gasteiger partial charge on any atom is -0.0141 e. The van der Waals surface area contributed by atoms with E-state index < -0.39 is 0 Å². The Hall–Kier alpha value is -1.82. The first-order valence-corrected chi connectivity index (χ1v) is 11.2. The lowest BCUT2D eigenvalue weighted by Gasteiger charge is -2.09. The smallest absolute Gasteiger partial charge is 0.0141 e. The topological polar surface area (TPSA) is 0 Å². The van der Waals surface area contributed by atoms with Crippen molar-refractivity contribution < 1.29 is 0 Å². The van der Waals surface area contributed by atoms with Gasteiger partial charge in [0, 0.05) is 0 Å². The molecule has 2 aliphatic rings. The number of fused-ring (bicyclic) bond motifs is 1. The highest BCUT2D eigenvalue weighted by Crippen LogP contribution is 2.59. The summed E-state index contributed by atoms with van der Waals surface area (Å²) < 4.78 is 0. The minimum Gasteiger partial charge on any atom is -0.0850 e. The molecular formula is C27H34. The van der Waals surface area contributed by atoms with E-state index in [-0.39, 0.29) is 0 Å². The molecule has 2 saturated carbocycles. The van der Waals surface area contributed by atoms with Crippen molar-refractivity contribution in [2.24, 2.45) is 17.8 Å². The van der Waals surface area contributed by atoms with Gasteiger partial charge in [-0.15, -0.1) is 0 Å². The Morgan fingerprint density at radius 3 is 1.89 bits per heavy atom. The van der Waals surface area contributed by atoms with Gasteiger partial charge < -0.3 is 0 Å². The van der Waals surface area contributed by atoms with E-state index in [2.05, 4.69) is 66.7 Å². The summed E-state index contributed by atoms with van der Waals surface area (Å²) in [6.45, 7) is 0. The quantitative estimate of drug-likeness (QED) is 0.324. The van der Waals surface area contributed by atoms with Gasteiger partial charge in [-0.1, -0.05) is 85.2 Å². The fourth-order valence-electron chi connectivity index (χ4n) is 5.33. The molecule has 0 heteroatoms. The van der Waals surface area contributed by atoms with Crippen LogP contribution in [0.15, 0.2) is 72.3 Å². The summed E-state index contributed by atoms with van der Waals surface area (Å²) in [6.07, 6.45) is 16.2. The van der Waals surface area contributed by atoms with Gasteiger partial charge >= 0.3 is 0 Å². The summed E-state index contributed by atoms with van der Waals surface area (Å²) in [4.78, 5) is 0. The molecule has 4 rings (SSSR count). The van der Waals surface area contributed by atoms with Crippen molar-refractivity contribution in [1.29, 1.82) is 0 Å². The fourth-order valence-corrected chi connectivity index (χ4v) is 5.33. The Morgan fingerprint density at radius 2 is 1.30 bits per heavy atom. The van der Waals surface area contributed by atoms with Crippen LogP contribution < -0.4 is 0 Å². The molecular weight excluding hydrogens is 324 g/mol. The molecule has 2 aromatic carbocycles. The summed E-state index contributed by atoms with van der Waals surface area (Å²) in [7, 11) is 0. The summed E-state index contributed by atoms with van der Waals surface area (Å²) in [5.74, 6) is 3.02. The third-order valence-corrected chi connectivity index (χ3v) is 6.78. The predicted octanol–water partition coefficient (Wildman–Crippen LogP) is 7.39. The summed E-state index contributed by atoms with van der Waals surface area (Å²) in [5.41, 5.74) is 4.79. The molecule has 0 aromatic heterocycles. The minimum atomic E-state index is 0.944. The van der Waals surface area contributed by atoms with Crippen LogP contribution in [0.5, 0.6) is 0 Å². The first-order valence-electron chi connectivity index (χ1n) is 11.2. The van der Waals surface area contributed by atoms with Gasteiger partial charge in [0.1, 0.15) is 0 Å². The minimum absolute atomic E-state index is 0.944. The van der Waals surface area contributed by atoms with Crippen LogP contribution in [-0.4, -0.2) is 0 Å². The van der Waals surface area contributed by atoms with E-state index >= 15 is 0 Å². The summed E-state index contributed by atoms with van der Waals surface area (Å²) >= 11 is 0. The van der Waals surface area contributed by atoms with Crippen molar-refractivity contribution in [2.45, 2.75) is 64.2 Å². The number of benzene rings is 2. The predicted molar refractivity (Wildman–Crippen MR) is 116 cm³/mol. The second-order valence-electron chi connectivity index (χ2n) is 8.63. The van der Waals surface area contributed by atoms with Gasteiger partial charge in [-0.25, -0.2) is 0 Å². The summed E-state index contributed by atoms with van der Waals surface area (Å²) in [6, 6.07) is 22.0. The molecule has 0 aliphatic heterocycles. The number of hydrogen-bond acceptors (Lipinski definition) is 0. The van der Waals surface area contributed by atoms with Gasteiger partial charge in [0.25, 0.3) is 0 Å². The number of aryl methyl sites for hydroxylation is 2. The van der Waals surface area contributed by atoms with E-state index in [4.69, 9.17) is 0 Å². The van der Waals surface area contributed by atoms with Crippen LogP contribution in [0, 0.1) is 17.8 Å². The lowest BCUT2D eigenvalue weighted by molar-refractivity contribution is 0.480. The van der Waals surface area contributed by atoms with E-state index in [9.17, 15) is 0 Å². The van der Waals surface area contributed by atoms with Crippen molar-refractivity contribution >= 4 is 0 Å². The fraction of sp³-hybridized carbons (Fsp3) is 0.481. The Balaban J connectivity index is 1.31. The van der Waals surface area contributed by atoms with Crippen LogP contribution in [0.25, 0.3) is 0 Å². The third-order valence-electron chi connectivity index (χ3n) is 6.78. The standard InChI is InChI=1S/C27H34/c1-3-12-22(13-4-1)16-7-8-18-24(27-25-20-9-10-21-26(25)27)19-11-17-23-14-5-2-6-15-23/h1-6,12-15,18,25-27H,7-11,16-17,19-21H2/b24-18+. The maximum atomic E-state index is 2.65. The highest BCUT2D eigenvalue weighted by atomic mass is 14.6. The lowest BCUT2D eigenvalue weighted by atomic mass is 9.97. The second kappa shape index (κ2) is 9.40. The van der Waals surface area contributed by atoms with Crippen LogP contribution in [0.1, 0.15) is 62.5 Å². The van der Waals surface area contributed by atoms with Gasteiger partial charge in [-0.2, -0.15) is 0 Å². The number of rotatable bonds is 9. The van der Waals surface area contributed by atoms with Crippen LogP contribution in [-0.2, 0) is 12.8 Å². The van der Waals surface area contributed by atoms with E-state index in [1.165, 1.54) is 75.3 Å². The van der Waals surface area contributed by atoms with Crippen molar-refractivity contribution in [3.63, 3.8) is 0 Å². The zero-order valence-corrected chi connectivity index (χ0v) is 16.7. The van der Waals surface area contributed by atoms with Crippen molar-refractivity contribution in [3.05, 3.63) is 83.4 Å². The van der Waals surface area contributed by atoms with Crippen molar-refractivity contribution in [2.75, 3.05) is 0 Å². The van der Waals surface area contributed by atoms with Gasteiger partial charge in [-0.05, 0) is 80.2 Å². The Labute approximate surface area is 165 Å². The van der Waals surface area contributed by atoms with E-state index in [0.29, 0.717) is 0 Å². The third kappa shape index (κ3) is 5.12. The zero-order chi connectivity index (χ0) is 18.3. The lowest BCUT2D eigenvalue weighted by Crippen LogP contribution is -1.94. The normalized spacial score (nSPS) is 24.4. The van der Waals surface area contributed by atoms with Gasteiger partial charge in [-0.3, -0.25) is 0 Å². The Kier molecular flexibility index (Phi) is 6.45. The van der Waals surface area contributed by atoms with Gasteiger partial charge in [0.2, 0.25) is 0 Å². The molecule has 0 spiro atoms. The molecule has 0 saturated heterocycles. The second-order valence-corrected chi connectivity index (χ2v) is 8.63. The maximum absolute atomic E-state index is 2.65. The van der Waals surface area contributed by atoms with Crippen LogP contribution in [0.2, 0.25) is 0 Å². The van der Waals surface area contributed by atoms with Crippen molar-refractivity contribution in [3.8, 4) is 0 Å². The van der Waals surface area contributed by atoms with Crippen molar-refractivity contribution in [1.82, 2.24) is 0 Å². The Morgan fingerprint density at radius 1 is 0.741 bits per heavy atom. The molecule has 0 nitrogen and oxygen atoms in total. The van der Waals surface area contributed by atoms with Gasteiger partial charge in [0.05, 0.1) is 0 Å². The van der Waals surface area contributed by atoms with Crippen LogP contribution in [0.4, 0.5) is 0 Å². The molecule has 0 heterocycles. The first-order chi connectivity index (χ1) is 13.4. The average molecular weight is 359 g/mol. The number of allylic oxidation sites excluding steroid dienone is 2. The molecule has 0 radical (unpaired) electrons. The van der Waals surface area contributed by atoms with E-state index in [1.807, 2.05) is 5.57 Å². The van der Waals surface area contributed by atoms with Gasteiger partial charge in [0.15, 0.2) is 0 Å². The first kappa shape index (κ1) is 18.5. The largest absolute Gasteiger partial charge is 0.0850 e. The highest BCUT2D eigenvalue weighted by Gasteiger charge is 2.51. The molecule has 0 N–H and O–H groups in total. The van der Waals surface area contributed by atoms with Crippen LogP contribution in [0.3, 0.4) is 0 Å². The van der Waals surface area contributed by atoms with E-state index in [0.717, 1.165) is 17.8 Å². The molecule has 2 aromatic rings. The molecule has 2 aliphatic carbocycles. The summed E-state index contributed by atoms with van der Waals surface area (Å²) in [5, 5.41) is 0. The highest BCUT2D eigenvalue weighted by molar-refractivity contribution is 5.22. The monoisotopic (exact) mass is 358 g/mol. The molecule has 142 valence electrons. The van der Waals surface area contributed by atoms with Crippen LogP contribution >= 0.6 is 0 Å². The number of unbranched alkanes of at least 4 members (excludes halogenated alkanes) is 1. The molecule has 2 atom stereocenters. The number of hydrogen-bond donors (Lipinski definition) is 0. The molecule has 2 unspecified atom stereocenters. The molecule has 0 bridgehead atoms.